The second-order valence-electron chi connectivity index (χ2n) is 4.21. The zero-order chi connectivity index (χ0) is 10.9. The summed E-state index contributed by atoms with van der Waals surface area (Å²) in [7, 11) is 1.66. The first-order valence-electron chi connectivity index (χ1n) is 5.06. The van der Waals surface area contributed by atoms with E-state index in [4.69, 9.17) is 4.74 Å². The van der Waals surface area contributed by atoms with Crippen molar-refractivity contribution in [2.45, 2.75) is 18.8 Å². The zero-order valence-electron chi connectivity index (χ0n) is 9.04. The van der Waals surface area contributed by atoms with E-state index in [1.165, 1.54) is 0 Å². The Kier molecular flexibility index (Phi) is 2.39. The van der Waals surface area contributed by atoms with E-state index >= 15 is 0 Å². The zero-order valence-corrected chi connectivity index (χ0v) is 9.04. The van der Waals surface area contributed by atoms with Crippen LogP contribution in [-0.4, -0.2) is 19.6 Å². The Balaban J connectivity index is 2.40. The second kappa shape index (κ2) is 3.57. The van der Waals surface area contributed by atoms with Crippen LogP contribution < -0.4 is 10.1 Å². The van der Waals surface area contributed by atoms with Gasteiger partial charge in [0.25, 0.3) is 0 Å². The molecule has 0 saturated carbocycles. The first-order chi connectivity index (χ1) is 7.15. The maximum Gasteiger partial charge on any atom is 0.220 e. The van der Waals surface area contributed by atoms with Crippen molar-refractivity contribution in [2.75, 3.05) is 13.7 Å². The summed E-state index contributed by atoms with van der Waals surface area (Å²) in [6, 6.07) is 7.88. The van der Waals surface area contributed by atoms with Crippen LogP contribution in [0.2, 0.25) is 0 Å². The van der Waals surface area contributed by atoms with Gasteiger partial charge in [-0.2, -0.15) is 0 Å². The predicted octanol–water partition coefficient (Wildman–Crippen LogP) is 1.47. The fraction of sp³-hybridized carbons (Fsp3) is 0.417. The highest BCUT2D eigenvalue weighted by atomic mass is 16.5. The van der Waals surface area contributed by atoms with Crippen LogP contribution in [0.3, 0.4) is 0 Å². The standard InChI is InChI=1S/C12H15NO2/c1-12(7-11(14)13-8-12)9-5-3-4-6-10(9)15-2/h3-6H,7-8H2,1-2H3,(H,13,14). The van der Waals surface area contributed by atoms with Crippen LogP contribution in [0.4, 0.5) is 0 Å². The molecule has 1 aromatic rings. The van der Waals surface area contributed by atoms with Crippen LogP contribution in [0, 0.1) is 0 Å². The van der Waals surface area contributed by atoms with E-state index in [0.717, 1.165) is 11.3 Å². The Morgan fingerprint density at radius 1 is 1.40 bits per heavy atom. The topological polar surface area (TPSA) is 38.3 Å². The molecule has 0 radical (unpaired) electrons. The second-order valence-corrected chi connectivity index (χ2v) is 4.21. The van der Waals surface area contributed by atoms with E-state index < -0.39 is 0 Å². The van der Waals surface area contributed by atoms with Gasteiger partial charge in [0, 0.05) is 23.9 Å². The number of carbonyl (C=O) groups is 1. The molecule has 1 amide bonds. The lowest BCUT2D eigenvalue weighted by Gasteiger charge is -2.24. The lowest BCUT2D eigenvalue weighted by atomic mass is 9.81. The molecule has 3 nitrogen and oxygen atoms in total. The number of nitrogens with one attached hydrogen (secondary N) is 1. The third kappa shape index (κ3) is 1.69. The SMILES string of the molecule is COc1ccccc1C1(C)CNC(=O)C1. The number of hydrogen-bond donors (Lipinski definition) is 1. The first kappa shape index (κ1) is 10.0. The van der Waals surface area contributed by atoms with E-state index in [9.17, 15) is 4.79 Å². The molecule has 1 saturated heterocycles. The summed E-state index contributed by atoms with van der Waals surface area (Å²) in [6.45, 7) is 2.77. The van der Waals surface area contributed by atoms with Crippen molar-refractivity contribution in [2.24, 2.45) is 0 Å². The number of benzene rings is 1. The number of ether oxygens (including phenoxy) is 1. The van der Waals surface area contributed by atoms with Gasteiger partial charge in [0.2, 0.25) is 5.91 Å². The van der Waals surface area contributed by atoms with Gasteiger partial charge in [-0.05, 0) is 6.07 Å². The molecule has 0 aromatic heterocycles. The molecule has 1 fully saturated rings. The van der Waals surface area contributed by atoms with Gasteiger partial charge in [-0.15, -0.1) is 0 Å². The van der Waals surface area contributed by atoms with Gasteiger partial charge in [-0.3, -0.25) is 4.79 Å². The third-order valence-electron chi connectivity index (χ3n) is 2.98. The van der Waals surface area contributed by atoms with Crippen molar-refractivity contribution >= 4 is 5.91 Å². The van der Waals surface area contributed by atoms with Gasteiger partial charge < -0.3 is 10.1 Å². The molecular formula is C12H15NO2. The Bertz CT molecular complexity index is 389. The van der Waals surface area contributed by atoms with Crippen LogP contribution in [-0.2, 0) is 10.2 Å². The number of rotatable bonds is 2. The highest BCUT2D eigenvalue weighted by molar-refractivity contribution is 5.80. The van der Waals surface area contributed by atoms with Crippen molar-refractivity contribution in [1.29, 1.82) is 0 Å². The Morgan fingerprint density at radius 3 is 2.73 bits per heavy atom. The summed E-state index contributed by atoms with van der Waals surface area (Å²) < 4.78 is 5.32. The minimum absolute atomic E-state index is 0.114. The van der Waals surface area contributed by atoms with Gasteiger partial charge in [0.15, 0.2) is 0 Å². The number of para-hydroxylation sites is 1. The number of carbonyl (C=O) groups excluding carboxylic acids is 1. The van der Waals surface area contributed by atoms with Crippen molar-refractivity contribution in [1.82, 2.24) is 5.32 Å². The molecule has 80 valence electrons. The Hall–Kier alpha value is -1.51. The van der Waals surface area contributed by atoms with Gasteiger partial charge in [0.1, 0.15) is 5.75 Å². The fourth-order valence-corrected chi connectivity index (χ4v) is 2.11. The van der Waals surface area contributed by atoms with Crippen LogP contribution in [0.15, 0.2) is 24.3 Å². The molecule has 1 unspecified atom stereocenters. The number of hydrogen-bond acceptors (Lipinski definition) is 2. The Morgan fingerprint density at radius 2 is 2.13 bits per heavy atom. The summed E-state index contributed by atoms with van der Waals surface area (Å²) in [6.07, 6.45) is 0.535. The maximum absolute atomic E-state index is 11.3. The molecule has 1 aliphatic heterocycles. The smallest absolute Gasteiger partial charge is 0.220 e. The highest BCUT2D eigenvalue weighted by Gasteiger charge is 2.37. The van der Waals surface area contributed by atoms with Crippen molar-refractivity contribution in [3.8, 4) is 5.75 Å². The lowest BCUT2D eigenvalue weighted by Crippen LogP contribution is -2.25. The minimum Gasteiger partial charge on any atom is -0.496 e. The Labute approximate surface area is 89.4 Å². The average molecular weight is 205 g/mol. The molecule has 0 spiro atoms. The van der Waals surface area contributed by atoms with Crippen molar-refractivity contribution < 1.29 is 9.53 Å². The van der Waals surface area contributed by atoms with E-state index in [2.05, 4.69) is 12.2 Å². The summed E-state index contributed by atoms with van der Waals surface area (Å²) in [5.41, 5.74) is 0.967. The molecule has 0 bridgehead atoms. The molecule has 1 heterocycles. The maximum atomic E-state index is 11.3. The largest absolute Gasteiger partial charge is 0.496 e. The van der Waals surface area contributed by atoms with E-state index in [1.54, 1.807) is 7.11 Å². The molecule has 3 heteroatoms. The van der Waals surface area contributed by atoms with E-state index in [-0.39, 0.29) is 11.3 Å². The summed E-state index contributed by atoms with van der Waals surface area (Å²) in [5, 5.41) is 2.87. The average Bonchev–Trinajstić information content (AvgIpc) is 2.60. The highest BCUT2D eigenvalue weighted by Crippen LogP contribution is 2.36. The quantitative estimate of drug-likeness (QED) is 0.794. The normalized spacial score (nSPS) is 25.1. The van der Waals surface area contributed by atoms with Gasteiger partial charge in [-0.25, -0.2) is 0 Å². The minimum atomic E-state index is -0.135. The van der Waals surface area contributed by atoms with Gasteiger partial charge in [-0.1, -0.05) is 25.1 Å². The third-order valence-corrected chi connectivity index (χ3v) is 2.98. The summed E-state index contributed by atoms with van der Waals surface area (Å²) >= 11 is 0. The molecule has 15 heavy (non-hydrogen) atoms. The van der Waals surface area contributed by atoms with E-state index in [1.807, 2.05) is 24.3 Å². The first-order valence-corrected chi connectivity index (χ1v) is 5.06. The molecular weight excluding hydrogens is 190 g/mol. The summed E-state index contributed by atoms with van der Waals surface area (Å²) in [4.78, 5) is 11.3. The number of methoxy groups -OCH3 is 1. The lowest BCUT2D eigenvalue weighted by molar-refractivity contribution is -0.119. The molecule has 1 atom stereocenters. The van der Waals surface area contributed by atoms with Gasteiger partial charge >= 0.3 is 0 Å². The van der Waals surface area contributed by atoms with Crippen molar-refractivity contribution in [3.05, 3.63) is 29.8 Å². The van der Waals surface area contributed by atoms with Crippen LogP contribution in [0.25, 0.3) is 0 Å². The molecule has 0 aliphatic carbocycles. The summed E-state index contributed by atoms with van der Waals surface area (Å²) in [5.74, 6) is 0.972. The van der Waals surface area contributed by atoms with Crippen LogP contribution in [0.1, 0.15) is 18.9 Å². The molecule has 2 rings (SSSR count). The molecule has 1 aromatic carbocycles. The molecule has 1 N–H and O–H groups in total. The van der Waals surface area contributed by atoms with E-state index in [0.29, 0.717) is 13.0 Å². The van der Waals surface area contributed by atoms with Gasteiger partial charge in [0.05, 0.1) is 7.11 Å². The number of amides is 1. The monoisotopic (exact) mass is 205 g/mol. The predicted molar refractivity (Wildman–Crippen MR) is 58.0 cm³/mol. The van der Waals surface area contributed by atoms with Crippen LogP contribution >= 0.6 is 0 Å². The van der Waals surface area contributed by atoms with Crippen molar-refractivity contribution in [3.63, 3.8) is 0 Å². The molecule has 1 aliphatic rings. The van der Waals surface area contributed by atoms with Crippen LogP contribution in [0.5, 0.6) is 5.75 Å². The fourth-order valence-electron chi connectivity index (χ4n) is 2.11.